The minimum Gasteiger partial charge on any atom is -0.475 e. The fraction of sp³-hybridized carbons (Fsp3) is 0.208. The van der Waals surface area contributed by atoms with Crippen molar-refractivity contribution in [1.29, 1.82) is 0 Å². The van der Waals surface area contributed by atoms with Crippen molar-refractivity contribution in [3.05, 3.63) is 81.5 Å². The number of carbonyl (C=O) groups is 2. The first-order chi connectivity index (χ1) is 17.9. The first-order valence-electron chi connectivity index (χ1n) is 10.9. The van der Waals surface area contributed by atoms with E-state index in [0.29, 0.717) is 28.8 Å². The number of amides is 1. The lowest BCUT2D eigenvalue weighted by molar-refractivity contribution is -0.192. The highest BCUT2D eigenvalue weighted by atomic mass is 35.5. The lowest BCUT2D eigenvalue weighted by atomic mass is 10.0. The number of nitrogens with one attached hydrogen (secondary N) is 1. The van der Waals surface area contributed by atoms with Crippen LogP contribution in [-0.4, -0.2) is 49.1 Å². The monoisotopic (exact) mass is 568 g/mol. The van der Waals surface area contributed by atoms with Crippen LogP contribution in [0.15, 0.2) is 48.8 Å². The van der Waals surface area contributed by atoms with Gasteiger partial charge in [0.2, 0.25) is 5.78 Å². The number of halogens is 5. The molecule has 3 aromatic heterocycles. The van der Waals surface area contributed by atoms with Crippen LogP contribution in [0.1, 0.15) is 27.4 Å². The van der Waals surface area contributed by atoms with E-state index in [1.165, 1.54) is 0 Å². The second-order valence-electron chi connectivity index (χ2n) is 7.78. The summed E-state index contributed by atoms with van der Waals surface area (Å²) in [5.74, 6) is -2.65. The standard InChI is InChI=1S/C22H20Cl2N6O.C2HF3O2/c1-13-17(11-25)20(16-6-5-14(23)10-18(16)24)30-12-19(29-22(30)28-13)21(31)27-9-7-15-4-2-3-8-26-15;3-2(4,5)1(6)7/h2-6,8,10,12H,7,9,11,25H2,1H3,(H,27,31);(H,6,7). The van der Waals surface area contributed by atoms with Crippen molar-refractivity contribution in [3.63, 3.8) is 0 Å². The Morgan fingerprint density at radius 1 is 1.16 bits per heavy atom. The molecule has 200 valence electrons. The predicted molar refractivity (Wildman–Crippen MR) is 135 cm³/mol. The fourth-order valence-corrected chi connectivity index (χ4v) is 3.91. The molecule has 0 saturated heterocycles. The lowest BCUT2D eigenvalue weighted by Crippen LogP contribution is -2.26. The highest BCUT2D eigenvalue weighted by Crippen LogP contribution is 2.34. The number of rotatable bonds is 6. The number of aromatic nitrogens is 4. The summed E-state index contributed by atoms with van der Waals surface area (Å²) in [4.78, 5) is 34.8. The van der Waals surface area contributed by atoms with Gasteiger partial charge in [-0.25, -0.2) is 14.8 Å². The number of hydrogen-bond acceptors (Lipinski definition) is 6. The number of carboxylic acid groups (broad SMARTS) is 1. The van der Waals surface area contributed by atoms with Gasteiger partial charge < -0.3 is 16.2 Å². The molecule has 4 N–H and O–H groups in total. The molecule has 4 rings (SSSR count). The zero-order valence-corrected chi connectivity index (χ0v) is 21.3. The molecule has 0 aliphatic carbocycles. The van der Waals surface area contributed by atoms with Gasteiger partial charge in [-0.05, 0) is 37.3 Å². The molecule has 0 unspecified atom stereocenters. The Bertz CT molecular complexity index is 1460. The number of carbonyl (C=O) groups excluding carboxylic acids is 1. The van der Waals surface area contributed by atoms with Gasteiger partial charge in [-0.2, -0.15) is 13.2 Å². The Morgan fingerprint density at radius 2 is 1.87 bits per heavy atom. The smallest absolute Gasteiger partial charge is 0.475 e. The van der Waals surface area contributed by atoms with Gasteiger partial charge in [-0.15, -0.1) is 0 Å². The van der Waals surface area contributed by atoms with E-state index in [-0.39, 0.29) is 18.1 Å². The summed E-state index contributed by atoms with van der Waals surface area (Å²) in [6.07, 6.45) is -1.08. The Labute approximate surface area is 224 Å². The molecule has 14 heteroatoms. The van der Waals surface area contributed by atoms with Gasteiger partial charge in [0.25, 0.3) is 5.91 Å². The molecule has 0 atom stereocenters. The van der Waals surface area contributed by atoms with Crippen molar-refractivity contribution < 1.29 is 27.9 Å². The fourth-order valence-electron chi connectivity index (χ4n) is 3.42. The molecule has 0 radical (unpaired) electrons. The molecule has 0 aliphatic rings. The van der Waals surface area contributed by atoms with Crippen molar-refractivity contribution in [2.45, 2.75) is 26.1 Å². The molecule has 0 spiro atoms. The van der Waals surface area contributed by atoms with Gasteiger partial charge >= 0.3 is 12.1 Å². The number of fused-ring (bicyclic) bond motifs is 1. The summed E-state index contributed by atoms with van der Waals surface area (Å²) in [6, 6.07) is 10.9. The summed E-state index contributed by atoms with van der Waals surface area (Å²) < 4.78 is 33.5. The van der Waals surface area contributed by atoms with Crippen LogP contribution in [0.5, 0.6) is 0 Å². The molecular weight excluding hydrogens is 548 g/mol. The third-order valence-corrected chi connectivity index (χ3v) is 5.72. The first kappa shape index (κ1) is 28.8. The number of nitrogens with two attached hydrogens (primary N) is 1. The molecule has 38 heavy (non-hydrogen) atoms. The molecule has 9 nitrogen and oxygen atoms in total. The third-order valence-electron chi connectivity index (χ3n) is 5.18. The van der Waals surface area contributed by atoms with Crippen molar-refractivity contribution in [1.82, 2.24) is 24.7 Å². The molecule has 0 fully saturated rings. The molecular formula is C24H21Cl2F3N6O3. The minimum atomic E-state index is -5.08. The van der Waals surface area contributed by atoms with Gasteiger partial charge in [-0.1, -0.05) is 29.3 Å². The van der Waals surface area contributed by atoms with Crippen LogP contribution in [0.25, 0.3) is 17.0 Å². The Hall–Kier alpha value is -3.74. The predicted octanol–water partition coefficient (Wildman–Crippen LogP) is 4.47. The maximum absolute atomic E-state index is 12.7. The van der Waals surface area contributed by atoms with E-state index in [2.05, 4.69) is 20.3 Å². The van der Waals surface area contributed by atoms with Gasteiger partial charge in [0, 0.05) is 59.4 Å². The van der Waals surface area contributed by atoms with Gasteiger partial charge in [0.1, 0.15) is 5.69 Å². The normalized spacial score (nSPS) is 11.1. The topological polar surface area (TPSA) is 136 Å². The number of alkyl halides is 3. The van der Waals surface area contributed by atoms with E-state index >= 15 is 0 Å². The van der Waals surface area contributed by atoms with Crippen LogP contribution in [0.4, 0.5) is 13.2 Å². The summed E-state index contributed by atoms with van der Waals surface area (Å²) >= 11 is 12.5. The SMILES string of the molecule is Cc1nc2nc(C(=O)NCCc3ccccn3)cn2c(-c2ccc(Cl)cc2Cl)c1CN.O=C(O)C(F)(F)F. The van der Waals surface area contributed by atoms with E-state index in [9.17, 15) is 18.0 Å². The van der Waals surface area contributed by atoms with Crippen LogP contribution >= 0.6 is 23.2 Å². The summed E-state index contributed by atoms with van der Waals surface area (Å²) in [6.45, 7) is 2.56. The number of pyridine rings is 1. The molecule has 3 heterocycles. The Kier molecular flexibility index (Phi) is 9.26. The Balaban J connectivity index is 0.000000505. The van der Waals surface area contributed by atoms with Crippen LogP contribution in [0.3, 0.4) is 0 Å². The summed E-state index contributed by atoms with van der Waals surface area (Å²) in [5, 5.41) is 11.0. The quantitative estimate of drug-likeness (QED) is 0.312. The second-order valence-corrected chi connectivity index (χ2v) is 8.62. The van der Waals surface area contributed by atoms with Gasteiger partial charge in [0.15, 0.2) is 0 Å². The second kappa shape index (κ2) is 12.2. The highest BCUT2D eigenvalue weighted by Gasteiger charge is 2.38. The van der Waals surface area contributed by atoms with Crippen molar-refractivity contribution in [3.8, 4) is 11.3 Å². The molecule has 1 amide bonds. The largest absolute Gasteiger partial charge is 0.490 e. The summed E-state index contributed by atoms with van der Waals surface area (Å²) in [5.41, 5.74) is 10.2. The van der Waals surface area contributed by atoms with Crippen LogP contribution in [0, 0.1) is 6.92 Å². The van der Waals surface area contributed by atoms with E-state index in [4.69, 9.17) is 38.8 Å². The number of imidazole rings is 1. The van der Waals surface area contributed by atoms with Gasteiger partial charge in [0.05, 0.1) is 10.7 Å². The van der Waals surface area contributed by atoms with Crippen LogP contribution in [-0.2, 0) is 17.8 Å². The average molecular weight is 569 g/mol. The molecule has 0 bridgehead atoms. The van der Waals surface area contributed by atoms with Crippen LogP contribution in [0.2, 0.25) is 10.0 Å². The molecule has 4 aromatic rings. The number of nitrogens with zero attached hydrogens (tertiary/aromatic N) is 4. The zero-order chi connectivity index (χ0) is 28.0. The highest BCUT2D eigenvalue weighted by molar-refractivity contribution is 6.36. The number of hydrogen-bond donors (Lipinski definition) is 3. The van der Waals surface area contributed by atoms with E-state index in [1.54, 1.807) is 28.9 Å². The van der Waals surface area contributed by atoms with Gasteiger partial charge in [-0.3, -0.25) is 14.2 Å². The maximum atomic E-state index is 12.7. The Morgan fingerprint density at radius 3 is 2.45 bits per heavy atom. The van der Waals surface area contributed by atoms with Crippen molar-refractivity contribution in [2.75, 3.05) is 6.54 Å². The third kappa shape index (κ3) is 6.97. The number of aliphatic carboxylic acids is 1. The van der Waals surface area contributed by atoms with Crippen molar-refractivity contribution >= 4 is 40.9 Å². The van der Waals surface area contributed by atoms with E-state index in [0.717, 1.165) is 28.2 Å². The zero-order valence-electron chi connectivity index (χ0n) is 19.8. The molecule has 0 saturated carbocycles. The van der Waals surface area contributed by atoms with E-state index < -0.39 is 12.1 Å². The van der Waals surface area contributed by atoms with Crippen LogP contribution < -0.4 is 11.1 Å². The lowest BCUT2D eigenvalue weighted by Gasteiger charge is -2.14. The van der Waals surface area contributed by atoms with Crippen molar-refractivity contribution in [2.24, 2.45) is 5.73 Å². The maximum Gasteiger partial charge on any atom is 0.490 e. The number of benzene rings is 1. The molecule has 1 aromatic carbocycles. The molecule has 0 aliphatic heterocycles. The van der Waals surface area contributed by atoms with E-state index in [1.807, 2.05) is 31.2 Å². The number of carboxylic acids is 1. The number of aryl methyl sites for hydroxylation is 1. The summed E-state index contributed by atoms with van der Waals surface area (Å²) in [7, 11) is 0. The minimum absolute atomic E-state index is 0.257. The first-order valence-corrected chi connectivity index (χ1v) is 11.7. The average Bonchev–Trinajstić information content (AvgIpc) is 3.28.